The molecule has 0 atom stereocenters. The molecule has 30 heavy (non-hydrogen) atoms. The minimum absolute atomic E-state index is 0.0363. The van der Waals surface area contributed by atoms with Gasteiger partial charge in [0.05, 0.1) is 34.0 Å². The maximum Gasteiger partial charge on any atom is 0.264 e. The Morgan fingerprint density at radius 2 is 1.97 bits per heavy atom. The molecular weight excluding hydrogens is 515 g/mol. The number of rotatable bonds is 7. The van der Waals surface area contributed by atoms with Crippen molar-refractivity contribution in [2.75, 3.05) is 13.7 Å². The van der Waals surface area contributed by atoms with Gasteiger partial charge in [-0.25, -0.2) is 4.99 Å². The monoisotopic (exact) mass is 538 g/mol. The zero-order valence-corrected chi connectivity index (χ0v) is 20.2. The van der Waals surface area contributed by atoms with Crippen LogP contribution in [-0.4, -0.2) is 30.9 Å². The van der Waals surface area contributed by atoms with Crippen molar-refractivity contribution in [3.63, 3.8) is 0 Å². The molecule has 3 rings (SSSR count). The van der Waals surface area contributed by atoms with Gasteiger partial charge in [-0.2, -0.15) is 0 Å². The van der Waals surface area contributed by atoms with Crippen molar-refractivity contribution in [3.8, 4) is 17.2 Å². The van der Waals surface area contributed by atoms with Gasteiger partial charge in [-0.05, 0) is 103 Å². The van der Waals surface area contributed by atoms with Gasteiger partial charge in [-0.1, -0.05) is 0 Å². The largest absolute Gasteiger partial charge is 0.494 e. The van der Waals surface area contributed by atoms with Crippen molar-refractivity contribution in [3.05, 3.63) is 50.4 Å². The standard InChI is InChI=1S/C22H23IN2O4S/c1-5-28-16-8-6-15(7-9-16)24-22-25-21(26)19(30-22)12-14-10-17(23)20(29-13(2)3)18(11-14)27-4/h6-13H,5H2,1-4H3,(H,24,25,26)/b19-12+. The van der Waals surface area contributed by atoms with Crippen LogP contribution in [0.25, 0.3) is 6.08 Å². The van der Waals surface area contributed by atoms with Crippen molar-refractivity contribution >= 4 is 57.2 Å². The third-order valence-electron chi connectivity index (χ3n) is 3.93. The first-order valence-electron chi connectivity index (χ1n) is 9.46. The van der Waals surface area contributed by atoms with Crippen LogP contribution < -0.4 is 19.5 Å². The Morgan fingerprint density at radius 1 is 1.23 bits per heavy atom. The number of halogens is 1. The smallest absolute Gasteiger partial charge is 0.264 e. The molecule has 2 aromatic carbocycles. The SMILES string of the molecule is CCOc1ccc(N=C2NC(=O)/C(=C\c3cc(I)c(OC(C)C)c(OC)c3)S2)cc1. The number of thioether (sulfide) groups is 1. The lowest BCUT2D eigenvalue weighted by atomic mass is 10.2. The number of methoxy groups -OCH3 is 1. The molecular formula is C22H23IN2O4S. The summed E-state index contributed by atoms with van der Waals surface area (Å²) < 4.78 is 17.7. The molecule has 6 nitrogen and oxygen atoms in total. The van der Waals surface area contributed by atoms with Gasteiger partial charge < -0.3 is 19.5 Å². The van der Waals surface area contributed by atoms with E-state index in [4.69, 9.17) is 14.2 Å². The quantitative estimate of drug-likeness (QED) is 0.379. The molecule has 158 valence electrons. The predicted octanol–water partition coefficient (Wildman–Crippen LogP) is 5.38. The van der Waals surface area contributed by atoms with E-state index in [2.05, 4.69) is 32.9 Å². The number of hydrogen-bond donors (Lipinski definition) is 1. The normalized spacial score (nSPS) is 16.3. The van der Waals surface area contributed by atoms with E-state index >= 15 is 0 Å². The van der Waals surface area contributed by atoms with Crippen LogP contribution >= 0.6 is 34.4 Å². The lowest BCUT2D eigenvalue weighted by Gasteiger charge is -2.16. The molecule has 0 aliphatic carbocycles. The van der Waals surface area contributed by atoms with E-state index in [0.29, 0.717) is 28.2 Å². The van der Waals surface area contributed by atoms with Gasteiger partial charge in [0.15, 0.2) is 16.7 Å². The topological polar surface area (TPSA) is 69.2 Å². The number of carbonyl (C=O) groups excluding carboxylic acids is 1. The minimum Gasteiger partial charge on any atom is -0.494 e. The number of amidine groups is 1. The summed E-state index contributed by atoms with van der Waals surface area (Å²) in [6.45, 7) is 6.49. The first-order valence-corrected chi connectivity index (χ1v) is 11.4. The molecule has 1 saturated heterocycles. The van der Waals surface area contributed by atoms with Crippen molar-refractivity contribution in [1.29, 1.82) is 0 Å². The Hall–Kier alpha value is -2.20. The van der Waals surface area contributed by atoms with Crippen LogP contribution in [0.3, 0.4) is 0 Å². The summed E-state index contributed by atoms with van der Waals surface area (Å²) in [5.41, 5.74) is 1.60. The second-order valence-electron chi connectivity index (χ2n) is 6.61. The van der Waals surface area contributed by atoms with Crippen LogP contribution in [0.1, 0.15) is 26.3 Å². The van der Waals surface area contributed by atoms with Crippen LogP contribution in [0.15, 0.2) is 46.3 Å². The molecule has 1 amide bonds. The molecule has 1 fully saturated rings. The molecule has 0 saturated carbocycles. The molecule has 1 aliphatic rings. The molecule has 1 heterocycles. The molecule has 0 spiro atoms. The van der Waals surface area contributed by atoms with Crippen molar-refractivity contribution in [2.45, 2.75) is 26.9 Å². The molecule has 0 aromatic heterocycles. The first kappa shape index (κ1) is 22.5. The van der Waals surface area contributed by atoms with E-state index in [-0.39, 0.29) is 12.0 Å². The average Bonchev–Trinajstić information content (AvgIpc) is 3.04. The molecule has 8 heteroatoms. The number of aliphatic imine (C=N–C) groups is 1. The van der Waals surface area contributed by atoms with Crippen molar-refractivity contribution in [2.24, 2.45) is 4.99 Å². The number of nitrogens with zero attached hydrogens (tertiary/aromatic N) is 1. The summed E-state index contributed by atoms with van der Waals surface area (Å²) in [7, 11) is 1.61. The number of hydrogen-bond acceptors (Lipinski definition) is 6. The third-order valence-corrected chi connectivity index (χ3v) is 5.64. The van der Waals surface area contributed by atoms with Crippen LogP contribution in [0, 0.1) is 3.57 Å². The van der Waals surface area contributed by atoms with Crippen LogP contribution in [0.4, 0.5) is 5.69 Å². The number of carbonyl (C=O) groups is 1. The minimum atomic E-state index is -0.179. The van der Waals surface area contributed by atoms with Gasteiger partial charge in [0.1, 0.15) is 5.75 Å². The summed E-state index contributed by atoms with van der Waals surface area (Å²) in [5.74, 6) is 1.95. The van der Waals surface area contributed by atoms with Gasteiger partial charge >= 0.3 is 0 Å². The lowest BCUT2D eigenvalue weighted by molar-refractivity contribution is -0.115. The summed E-state index contributed by atoms with van der Waals surface area (Å²) >= 11 is 3.51. The summed E-state index contributed by atoms with van der Waals surface area (Å²) in [6.07, 6.45) is 1.86. The number of benzene rings is 2. The summed E-state index contributed by atoms with van der Waals surface area (Å²) in [6, 6.07) is 11.2. The lowest BCUT2D eigenvalue weighted by Crippen LogP contribution is -2.19. The Balaban J connectivity index is 1.81. The zero-order valence-electron chi connectivity index (χ0n) is 17.2. The van der Waals surface area contributed by atoms with E-state index in [9.17, 15) is 4.79 Å². The molecule has 0 unspecified atom stereocenters. The number of amides is 1. The highest BCUT2D eigenvalue weighted by Crippen LogP contribution is 2.36. The van der Waals surface area contributed by atoms with Crippen LogP contribution in [-0.2, 0) is 4.79 Å². The van der Waals surface area contributed by atoms with Crippen LogP contribution in [0.5, 0.6) is 17.2 Å². The molecule has 0 bridgehead atoms. The van der Waals surface area contributed by atoms with E-state index in [1.165, 1.54) is 11.8 Å². The Bertz CT molecular complexity index is 987. The first-order chi connectivity index (χ1) is 14.4. The average molecular weight is 538 g/mol. The maximum atomic E-state index is 12.4. The number of ether oxygens (including phenoxy) is 3. The zero-order chi connectivity index (χ0) is 21.7. The van der Waals surface area contributed by atoms with Crippen molar-refractivity contribution < 1.29 is 19.0 Å². The number of nitrogens with one attached hydrogen (secondary N) is 1. The van der Waals surface area contributed by atoms with Crippen LogP contribution in [0.2, 0.25) is 0 Å². The molecule has 1 aliphatic heterocycles. The highest BCUT2D eigenvalue weighted by Gasteiger charge is 2.24. The maximum absolute atomic E-state index is 12.4. The fourth-order valence-electron chi connectivity index (χ4n) is 2.71. The predicted molar refractivity (Wildman–Crippen MR) is 130 cm³/mol. The Kier molecular flexibility index (Phi) is 7.65. The highest BCUT2D eigenvalue weighted by molar-refractivity contribution is 14.1. The van der Waals surface area contributed by atoms with E-state index in [1.807, 2.05) is 63.2 Å². The third kappa shape index (κ3) is 5.69. The van der Waals surface area contributed by atoms with E-state index in [0.717, 1.165) is 20.6 Å². The highest BCUT2D eigenvalue weighted by atomic mass is 127. The molecule has 2 aromatic rings. The van der Waals surface area contributed by atoms with Gasteiger partial charge in [0.25, 0.3) is 5.91 Å². The molecule has 0 radical (unpaired) electrons. The van der Waals surface area contributed by atoms with Gasteiger partial charge in [-0.15, -0.1) is 0 Å². The second-order valence-corrected chi connectivity index (χ2v) is 8.80. The van der Waals surface area contributed by atoms with Crippen molar-refractivity contribution in [1.82, 2.24) is 5.32 Å². The van der Waals surface area contributed by atoms with Gasteiger partial charge in [0.2, 0.25) is 0 Å². The second kappa shape index (κ2) is 10.2. The van der Waals surface area contributed by atoms with E-state index < -0.39 is 0 Å². The fourth-order valence-corrected chi connectivity index (χ4v) is 4.30. The summed E-state index contributed by atoms with van der Waals surface area (Å²) in [5, 5.41) is 3.35. The molecule has 1 N–H and O–H groups in total. The van der Waals surface area contributed by atoms with Gasteiger partial charge in [-0.3, -0.25) is 4.79 Å². The Labute approximate surface area is 194 Å². The fraction of sp³-hybridized carbons (Fsp3) is 0.273. The van der Waals surface area contributed by atoms with E-state index in [1.54, 1.807) is 7.11 Å². The summed E-state index contributed by atoms with van der Waals surface area (Å²) in [4.78, 5) is 17.5. The van der Waals surface area contributed by atoms with Gasteiger partial charge in [0, 0.05) is 0 Å². The Morgan fingerprint density at radius 3 is 2.60 bits per heavy atom.